The van der Waals surface area contributed by atoms with E-state index in [1.807, 2.05) is 78.2 Å². The molecule has 2 amide bonds. The van der Waals surface area contributed by atoms with Crippen LogP contribution in [0.4, 0.5) is 0 Å². The van der Waals surface area contributed by atoms with Crippen molar-refractivity contribution in [3.8, 4) is 16.9 Å². The molecule has 1 aromatic heterocycles. The van der Waals surface area contributed by atoms with Crippen LogP contribution < -0.4 is 15.6 Å². The molecule has 0 atom stereocenters. The molecule has 0 saturated carbocycles. The first-order valence-electron chi connectivity index (χ1n) is 10.3. The van der Waals surface area contributed by atoms with Gasteiger partial charge in [0.15, 0.2) is 6.61 Å². The van der Waals surface area contributed by atoms with Gasteiger partial charge in [-0.2, -0.15) is 0 Å². The van der Waals surface area contributed by atoms with Crippen LogP contribution in [0.15, 0.2) is 101 Å². The van der Waals surface area contributed by atoms with Gasteiger partial charge in [0.05, 0.1) is 5.56 Å². The largest absolute Gasteiger partial charge is 0.483 e. The quantitative estimate of drug-likeness (QED) is 0.260. The number of ether oxygens (including phenoxy) is 1. The van der Waals surface area contributed by atoms with Gasteiger partial charge in [-0.3, -0.25) is 20.4 Å². The third-order valence-corrected chi connectivity index (χ3v) is 6.91. The smallest absolute Gasteiger partial charge is 0.276 e. The molecule has 4 rings (SSSR count). The fraction of sp³-hybridized carbons (Fsp3) is 0.0769. The van der Waals surface area contributed by atoms with Gasteiger partial charge < -0.3 is 4.74 Å². The summed E-state index contributed by atoms with van der Waals surface area (Å²) in [5, 5.41) is 2.03. The van der Waals surface area contributed by atoms with E-state index in [9.17, 15) is 9.59 Å². The molecule has 7 heteroatoms. The van der Waals surface area contributed by atoms with Gasteiger partial charge in [-0.05, 0) is 35.2 Å². The number of benzene rings is 3. The number of thiophene rings is 1. The number of carbonyl (C=O) groups excluding carboxylic acids is 2. The summed E-state index contributed by atoms with van der Waals surface area (Å²) in [6.07, 6.45) is 0. The third-order valence-electron chi connectivity index (χ3n) is 4.73. The lowest BCUT2D eigenvalue weighted by atomic mass is 10.1. The lowest BCUT2D eigenvalue weighted by molar-refractivity contribution is -0.123. The summed E-state index contributed by atoms with van der Waals surface area (Å²) in [4.78, 5) is 27.1. The van der Waals surface area contributed by atoms with Gasteiger partial charge >= 0.3 is 0 Å². The predicted octanol–water partition coefficient (Wildman–Crippen LogP) is 5.55. The second-order valence-corrected chi connectivity index (χ2v) is 9.07. The Morgan fingerprint density at radius 1 is 0.818 bits per heavy atom. The Morgan fingerprint density at radius 2 is 1.58 bits per heavy atom. The van der Waals surface area contributed by atoms with Crippen LogP contribution in [0.2, 0.25) is 0 Å². The van der Waals surface area contributed by atoms with Crippen molar-refractivity contribution in [3.05, 3.63) is 107 Å². The molecule has 3 aromatic carbocycles. The normalized spacial score (nSPS) is 10.4. The minimum absolute atomic E-state index is 0.223. The van der Waals surface area contributed by atoms with E-state index in [0.717, 1.165) is 21.8 Å². The van der Waals surface area contributed by atoms with E-state index in [1.54, 1.807) is 35.2 Å². The number of carbonyl (C=O) groups is 2. The second-order valence-electron chi connectivity index (χ2n) is 7.02. The molecule has 33 heavy (non-hydrogen) atoms. The predicted molar refractivity (Wildman–Crippen MR) is 133 cm³/mol. The average Bonchev–Trinajstić information content (AvgIpc) is 3.39. The Balaban J connectivity index is 1.32. The third kappa shape index (κ3) is 6.25. The summed E-state index contributed by atoms with van der Waals surface area (Å²) in [5.74, 6) is 0.556. The van der Waals surface area contributed by atoms with E-state index in [2.05, 4.69) is 16.9 Å². The summed E-state index contributed by atoms with van der Waals surface area (Å²) in [6.45, 7) is -0.223. The molecule has 0 fully saturated rings. The number of hydrogen-bond donors (Lipinski definition) is 2. The average molecular weight is 475 g/mol. The SMILES string of the molecule is O=C(COc1ccccc1-c1ccccc1)NNC(=O)c1ccccc1SCc1cccs1. The zero-order valence-corrected chi connectivity index (χ0v) is 19.3. The van der Waals surface area contributed by atoms with E-state index in [-0.39, 0.29) is 12.5 Å². The summed E-state index contributed by atoms with van der Waals surface area (Å²) in [7, 11) is 0. The Labute approximate surface area is 200 Å². The Kier molecular flexibility index (Phi) is 7.79. The number of rotatable bonds is 8. The molecule has 166 valence electrons. The molecule has 5 nitrogen and oxygen atoms in total. The van der Waals surface area contributed by atoms with Crippen LogP contribution in [-0.4, -0.2) is 18.4 Å². The van der Waals surface area contributed by atoms with E-state index < -0.39 is 5.91 Å². The lowest BCUT2D eigenvalue weighted by Gasteiger charge is -2.13. The van der Waals surface area contributed by atoms with Crippen LogP contribution in [0.1, 0.15) is 15.2 Å². The fourth-order valence-corrected chi connectivity index (χ4v) is 4.97. The highest BCUT2D eigenvalue weighted by atomic mass is 32.2. The van der Waals surface area contributed by atoms with Gasteiger partial charge in [-0.1, -0.05) is 66.7 Å². The Bertz CT molecular complexity index is 1210. The standard InChI is InChI=1S/C26H22N2O3S2/c29-25(17-31-23-14-6-4-12-21(23)19-9-2-1-3-10-19)27-28-26(30)22-13-5-7-15-24(22)33-18-20-11-8-16-32-20/h1-16H,17-18H2,(H,27,29)(H,28,30). The van der Waals surface area contributed by atoms with Crippen molar-refractivity contribution in [3.63, 3.8) is 0 Å². The van der Waals surface area contributed by atoms with Crippen LogP contribution in [0.3, 0.4) is 0 Å². The van der Waals surface area contributed by atoms with Crippen LogP contribution in [0.5, 0.6) is 5.75 Å². The van der Waals surface area contributed by atoms with Gasteiger partial charge in [0, 0.05) is 21.1 Å². The van der Waals surface area contributed by atoms with Gasteiger partial charge in [0.25, 0.3) is 11.8 Å². The maximum Gasteiger partial charge on any atom is 0.276 e. The van der Waals surface area contributed by atoms with E-state index >= 15 is 0 Å². The Hall–Kier alpha value is -3.55. The molecule has 1 heterocycles. The maximum absolute atomic E-state index is 12.7. The second kappa shape index (κ2) is 11.4. The number of hydrazine groups is 1. The molecular formula is C26H22N2O3S2. The van der Waals surface area contributed by atoms with Crippen molar-refractivity contribution in [2.24, 2.45) is 0 Å². The molecule has 0 bridgehead atoms. The van der Waals surface area contributed by atoms with Gasteiger partial charge in [0.2, 0.25) is 0 Å². The zero-order chi connectivity index (χ0) is 22.9. The van der Waals surface area contributed by atoms with Crippen molar-refractivity contribution in [2.45, 2.75) is 10.6 Å². The van der Waals surface area contributed by atoms with Crippen molar-refractivity contribution >= 4 is 34.9 Å². The molecule has 0 radical (unpaired) electrons. The van der Waals surface area contributed by atoms with Crippen LogP contribution >= 0.6 is 23.1 Å². The van der Waals surface area contributed by atoms with E-state index in [0.29, 0.717) is 11.3 Å². The minimum atomic E-state index is -0.449. The molecule has 0 aliphatic rings. The molecule has 4 aromatic rings. The summed E-state index contributed by atoms with van der Waals surface area (Å²) >= 11 is 3.27. The van der Waals surface area contributed by atoms with Gasteiger partial charge in [-0.15, -0.1) is 23.1 Å². The molecule has 0 spiro atoms. The number of thioether (sulfide) groups is 1. The van der Waals surface area contributed by atoms with Crippen LogP contribution in [0.25, 0.3) is 11.1 Å². The first-order chi connectivity index (χ1) is 16.2. The first-order valence-corrected chi connectivity index (χ1v) is 12.2. The number of nitrogens with one attached hydrogen (secondary N) is 2. The van der Waals surface area contributed by atoms with Crippen LogP contribution in [0, 0.1) is 0 Å². The molecular weight excluding hydrogens is 452 g/mol. The minimum Gasteiger partial charge on any atom is -0.483 e. The molecule has 0 unspecified atom stereocenters. The van der Waals surface area contributed by atoms with E-state index in [4.69, 9.17) is 4.74 Å². The number of amides is 2. The highest BCUT2D eigenvalue weighted by molar-refractivity contribution is 7.98. The first kappa shape index (κ1) is 22.6. The number of hydrogen-bond acceptors (Lipinski definition) is 5. The Morgan fingerprint density at radius 3 is 2.39 bits per heavy atom. The summed E-state index contributed by atoms with van der Waals surface area (Å²) < 4.78 is 5.73. The van der Waals surface area contributed by atoms with Crippen molar-refractivity contribution in [1.82, 2.24) is 10.9 Å². The number of para-hydroxylation sites is 1. The summed E-state index contributed by atoms with van der Waals surface area (Å²) in [6, 6.07) is 28.7. The van der Waals surface area contributed by atoms with Crippen molar-refractivity contribution in [2.75, 3.05) is 6.61 Å². The molecule has 0 saturated heterocycles. The maximum atomic E-state index is 12.7. The fourth-order valence-electron chi connectivity index (χ4n) is 3.15. The highest BCUT2D eigenvalue weighted by Crippen LogP contribution is 2.30. The van der Waals surface area contributed by atoms with Crippen molar-refractivity contribution in [1.29, 1.82) is 0 Å². The van der Waals surface area contributed by atoms with Crippen LogP contribution in [-0.2, 0) is 10.5 Å². The molecule has 2 N–H and O–H groups in total. The van der Waals surface area contributed by atoms with Crippen molar-refractivity contribution < 1.29 is 14.3 Å². The molecule has 0 aliphatic carbocycles. The zero-order valence-electron chi connectivity index (χ0n) is 17.7. The van der Waals surface area contributed by atoms with E-state index in [1.165, 1.54) is 4.88 Å². The van der Waals surface area contributed by atoms with Gasteiger partial charge in [-0.25, -0.2) is 0 Å². The highest BCUT2D eigenvalue weighted by Gasteiger charge is 2.13. The lowest BCUT2D eigenvalue weighted by Crippen LogP contribution is -2.44. The summed E-state index contributed by atoms with van der Waals surface area (Å²) in [5.41, 5.74) is 7.32. The van der Waals surface area contributed by atoms with Gasteiger partial charge in [0.1, 0.15) is 5.75 Å². The monoisotopic (exact) mass is 474 g/mol. The topological polar surface area (TPSA) is 67.4 Å². The molecule has 0 aliphatic heterocycles.